The van der Waals surface area contributed by atoms with Gasteiger partial charge in [-0.05, 0) is 79.9 Å². The van der Waals surface area contributed by atoms with Crippen LogP contribution in [0.25, 0.3) is 33.5 Å². The van der Waals surface area contributed by atoms with Gasteiger partial charge in [0.15, 0.2) is 17.3 Å². The number of benzene rings is 4. The number of ether oxygens (including phenoxy) is 2. The topological polar surface area (TPSA) is 116 Å². The highest BCUT2D eigenvalue weighted by Gasteiger charge is 2.19. The minimum absolute atomic E-state index is 0.106. The molecule has 0 aliphatic rings. The third kappa shape index (κ3) is 5.56. The Morgan fingerprint density at radius 1 is 1.02 bits per heavy atom. The molecule has 2 heterocycles. The molecule has 0 aliphatic carbocycles. The summed E-state index contributed by atoms with van der Waals surface area (Å²) in [5.41, 5.74) is 2.26. The fourth-order valence-electron chi connectivity index (χ4n) is 4.54. The highest BCUT2D eigenvalue weighted by molar-refractivity contribution is 9.13. The molecular weight excluding hydrogens is 682 g/mol. The van der Waals surface area contributed by atoms with Gasteiger partial charge in [0.1, 0.15) is 12.2 Å². The second-order valence-electron chi connectivity index (χ2n) is 9.38. The van der Waals surface area contributed by atoms with Crippen molar-refractivity contribution in [2.24, 2.45) is 5.10 Å². The molecule has 4 aromatic carbocycles. The van der Waals surface area contributed by atoms with Crippen LogP contribution in [0.4, 0.5) is 0 Å². The maximum atomic E-state index is 13.6. The van der Waals surface area contributed by atoms with Gasteiger partial charge in [0.25, 0.3) is 5.56 Å². The van der Waals surface area contributed by atoms with Crippen molar-refractivity contribution in [1.82, 2.24) is 9.66 Å². The summed E-state index contributed by atoms with van der Waals surface area (Å²) in [6.07, 6.45) is 1.52. The first-order valence-corrected chi connectivity index (χ1v) is 14.5. The van der Waals surface area contributed by atoms with Crippen LogP contribution in [0, 0.1) is 0 Å². The predicted molar refractivity (Wildman–Crippen MR) is 170 cm³/mol. The van der Waals surface area contributed by atoms with Gasteiger partial charge in [0, 0.05) is 15.4 Å². The number of carbonyl (C=O) groups is 1. The molecule has 0 aliphatic heterocycles. The van der Waals surface area contributed by atoms with Gasteiger partial charge in [0.2, 0.25) is 5.82 Å². The van der Waals surface area contributed by atoms with E-state index in [9.17, 15) is 14.7 Å². The molecule has 214 valence electrons. The Kier molecular flexibility index (Phi) is 7.83. The number of fused-ring (bicyclic) bond motifs is 2. The number of carboxylic acid groups (broad SMARTS) is 1. The minimum Gasteiger partial charge on any atom is -0.493 e. The van der Waals surface area contributed by atoms with E-state index in [1.165, 1.54) is 24.1 Å². The van der Waals surface area contributed by atoms with Gasteiger partial charge in [-0.3, -0.25) is 4.79 Å². The number of hydrogen-bond donors (Lipinski definition) is 1. The van der Waals surface area contributed by atoms with Crippen LogP contribution in [0.2, 0.25) is 0 Å². The first-order chi connectivity index (χ1) is 20.8. The van der Waals surface area contributed by atoms with Gasteiger partial charge >= 0.3 is 5.97 Å². The largest absolute Gasteiger partial charge is 0.493 e. The highest BCUT2D eigenvalue weighted by atomic mass is 79.9. The summed E-state index contributed by atoms with van der Waals surface area (Å²) >= 11 is 7.17. The van der Waals surface area contributed by atoms with E-state index in [0.29, 0.717) is 53.8 Å². The van der Waals surface area contributed by atoms with Crippen LogP contribution in [-0.2, 0) is 6.61 Å². The quantitative estimate of drug-likeness (QED) is 0.163. The summed E-state index contributed by atoms with van der Waals surface area (Å²) in [4.78, 5) is 29.7. The molecule has 0 saturated heterocycles. The van der Waals surface area contributed by atoms with Gasteiger partial charge in [-0.25, -0.2) is 9.78 Å². The number of rotatable bonds is 8. The molecule has 9 nitrogen and oxygen atoms in total. The summed E-state index contributed by atoms with van der Waals surface area (Å²) in [5, 5.41) is 15.1. The van der Waals surface area contributed by atoms with E-state index in [2.05, 4.69) is 37.0 Å². The van der Waals surface area contributed by atoms with E-state index in [1.54, 1.807) is 42.5 Å². The average molecular weight is 703 g/mol. The molecule has 2 aromatic heterocycles. The second kappa shape index (κ2) is 11.9. The number of para-hydroxylation sites is 2. The van der Waals surface area contributed by atoms with Crippen LogP contribution < -0.4 is 15.0 Å². The lowest BCUT2D eigenvalue weighted by atomic mass is 10.1. The van der Waals surface area contributed by atoms with Crippen molar-refractivity contribution in [3.63, 3.8) is 0 Å². The molecular formula is C32H21Br2N3O6. The van der Waals surface area contributed by atoms with Crippen LogP contribution >= 0.6 is 31.9 Å². The number of carboxylic acids is 1. The van der Waals surface area contributed by atoms with E-state index < -0.39 is 5.97 Å². The average Bonchev–Trinajstić information content (AvgIpc) is 3.46. The lowest BCUT2D eigenvalue weighted by Crippen LogP contribution is -2.20. The van der Waals surface area contributed by atoms with Crippen molar-refractivity contribution in [3.05, 3.63) is 121 Å². The monoisotopic (exact) mass is 701 g/mol. The molecule has 1 N–H and O–H groups in total. The molecule has 0 saturated carbocycles. The zero-order valence-electron chi connectivity index (χ0n) is 22.5. The Hall–Kier alpha value is -4.74. The van der Waals surface area contributed by atoms with Crippen LogP contribution in [0.1, 0.15) is 21.5 Å². The predicted octanol–water partition coefficient (Wildman–Crippen LogP) is 7.50. The third-order valence-electron chi connectivity index (χ3n) is 6.64. The van der Waals surface area contributed by atoms with Crippen molar-refractivity contribution in [2.75, 3.05) is 7.11 Å². The Morgan fingerprint density at radius 2 is 1.81 bits per heavy atom. The molecule has 0 atom stereocenters. The summed E-state index contributed by atoms with van der Waals surface area (Å²) in [6, 6.07) is 24.6. The number of hydrogen-bond acceptors (Lipinski definition) is 7. The Labute approximate surface area is 261 Å². The van der Waals surface area contributed by atoms with Crippen LogP contribution in [-0.4, -0.2) is 34.1 Å². The molecule has 6 aromatic rings. The molecule has 0 spiro atoms. The second-order valence-corrected chi connectivity index (χ2v) is 11.0. The first kappa shape index (κ1) is 28.4. The lowest BCUT2D eigenvalue weighted by Gasteiger charge is -2.15. The molecule has 0 bridgehead atoms. The number of aromatic carboxylic acids is 1. The number of methoxy groups -OCH3 is 1. The van der Waals surface area contributed by atoms with E-state index in [1.807, 2.05) is 36.4 Å². The maximum Gasteiger partial charge on any atom is 0.335 e. The molecule has 43 heavy (non-hydrogen) atoms. The Bertz CT molecular complexity index is 2090. The lowest BCUT2D eigenvalue weighted by molar-refractivity contribution is 0.0696. The smallest absolute Gasteiger partial charge is 0.335 e. The molecule has 0 fully saturated rings. The van der Waals surface area contributed by atoms with Gasteiger partial charge in [-0.2, -0.15) is 9.78 Å². The van der Waals surface area contributed by atoms with Crippen LogP contribution in [0.5, 0.6) is 11.5 Å². The van der Waals surface area contributed by atoms with Crippen molar-refractivity contribution in [3.8, 4) is 23.1 Å². The molecule has 0 radical (unpaired) electrons. The fraction of sp³-hybridized carbons (Fsp3) is 0.0625. The zero-order valence-corrected chi connectivity index (χ0v) is 25.6. The van der Waals surface area contributed by atoms with Gasteiger partial charge in [-0.1, -0.05) is 42.5 Å². The molecule has 0 amide bonds. The normalized spacial score (nSPS) is 11.4. The molecule has 0 unspecified atom stereocenters. The zero-order chi connectivity index (χ0) is 30.1. The van der Waals surface area contributed by atoms with E-state index in [4.69, 9.17) is 18.9 Å². The number of nitrogens with zero attached hydrogens (tertiary/aromatic N) is 3. The molecule has 11 heteroatoms. The summed E-state index contributed by atoms with van der Waals surface area (Å²) in [6.45, 7) is 0.106. The summed E-state index contributed by atoms with van der Waals surface area (Å²) < 4.78 is 20.0. The van der Waals surface area contributed by atoms with E-state index in [-0.39, 0.29) is 23.6 Å². The maximum absolute atomic E-state index is 13.6. The van der Waals surface area contributed by atoms with Crippen LogP contribution in [0.15, 0.2) is 108 Å². The van der Waals surface area contributed by atoms with Crippen LogP contribution in [0.3, 0.4) is 0 Å². The van der Waals surface area contributed by atoms with Gasteiger partial charge in [0.05, 0.1) is 34.3 Å². The number of halogens is 2. The Morgan fingerprint density at radius 3 is 2.60 bits per heavy atom. The molecule has 6 rings (SSSR count). The number of furan rings is 1. The highest BCUT2D eigenvalue weighted by Crippen LogP contribution is 2.42. The summed E-state index contributed by atoms with van der Waals surface area (Å²) in [5.74, 6) is 0.431. The standard InChI is InChI=1S/C32H21Br2N3O6/c1-41-25-15-21(27(33)28(34)29(25)42-17-18-7-6-9-20(13-18)32(39)40)16-35-37-30(26-14-19-8-2-5-12-24(19)43-26)36-23-11-4-3-10-22(23)31(37)38/h2-16H,17H2,1H3,(H,39,40). The SMILES string of the molecule is COc1cc(C=Nn2c(-c3cc4ccccc4o3)nc3ccccc3c2=O)c(Br)c(Br)c1OCc1cccc(C(=O)O)c1. The first-order valence-electron chi connectivity index (χ1n) is 12.9. The number of aromatic nitrogens is 2. The van der Waals surface area contributed by atoms with Gasteiger partial charge < -0.3 is 19.0 Å². The van der Waals surface area contributed by atoms with Crippen molar-refractivity contribution >= 4 is 65.9 Å². The fourth-order valence-corrected chi connectivity index (χ4v) is 5.47. The Balaban J connectivity index is 1.40. The third-order valence-corrected chi connectivity index (χ3v) is 8.79. The van der Waals surface area contributed by atoms with E-state index >= 15 is 0 Å². The van der Waals surface area contributed by atoms with Crippen molar-refractivity contribution in [2.45, 2.75) is 6.61 Å². The van der Waals surface area contributed by atoms with Gasteiger partial charge in [-0.15, -0.1) is 0 Å². The van der Waals surface area contributed by atoms with E-state index in [0.717, 1.165) is 5.39 Å². The van der Waals surface area contributed by atoms with Crippen molar-refractivity contribution < 1.29 is 23.8 Å². The minimum atomic E-state index is -1.02. The van der Waals surface area contributed by atoms with Crippen molar-refractivity contribution in [1.29, 1.82) is 0 Å². The summed E-state index contributed by atoms with van der Waals surface area (Å²) in [7, 11) is 1.51.